The molecule has 0 saturated heterocycles. The largest absolute Gasteiger partial charge is 0.268 e. The fourth-order valence-corrected chi connectivity index (χ4v) is 5.93. The average Bonchev–Trinajstić information content (AvgIpc) is 3.24. The van der Waals surface area contributed by atoms with Gasteiger partial charge < -0.3 is 0 Å². The summed E-state index contributed by atoms with van der Waals surface area (Å²) in [6.07, 6.45) is 0. The zero-order valence-corrected chi connectivity index (χ0v) is 19.8. The first-order chi connectivity index (χ1) is 15.6. The van der Waals surface area contributed by atoms with Crippen LogP contribution in [0.1, 0.15) is 5.56 Å². The lowest BCUT2D eigenvalue weighted by atomic mass is 10.2. The van der Waals surface area contributed by atoms with Gasteiger partial charge in [0.1, 0.15) is 4.83 Å². The molecule has 3 nitrogen and oxygen atoms in total. The van der Waals surface area contributed by atoms with Crippen molar-refractivity contribution in [2.24, 2.45) is 0 Å². The van der Waals surface area contributed by atoms with Gasteiger partial charge in [0.15, 0.2) is 5.16 Å². The Bertz CT molecular complexity index is 1460. The van der Waals surface area contributed by atoms with Crippen molar-refractivity contribution in [3.8, 4) is 16.1 Å². The summed E-state index contributed by atoms with van der Waals surface area (Å²) < 4.78 is 1.59. The van der Waals surface area contributed by atoms with Crippen molar-refractivity contribution >= 4 is 56.5 Å². The average molecular weight is 495 g/mol. The Morgan fingerprint density at radius 2 is 1.62 bits per heavy atom. The standard InChI is InChI=1S/C25H16Cl2N2OS2/c26-18-11-12-21(20(27)13-18)29-24(30)19-14-22(17-9-5-2-6-10-17)32-23(19)28-25(29)31-15-16-7-3-1-4-8-16/h1-14H,15H2. The minimum Gasteiger partial charge on any atom is -0.268 e. The maximum atomic E-state index is 13.7. The molecule has 0 atom stereocenters. The fraction of sp³-hybridized carbons (Fsp3) is 0.0400. The molecular formula is C25H16Cl2N2OS2. The molecule has 2 heterocycles. The molecule has 0 N–H and O–H groups in total. The molecule has 0 spiro atoms. The molecule has 7 heteroatoms. The van der Waals surface area contributed by atoms with Crippen LogP contribution in [0.5, 0.6) is 0 Å². The van der Waals surface area contributed by atoms with Gasteiger partial charge in [-0.05, 0) is 35.4 Å². The summed E-state index contributed by atoms with van der Waals surface area (Å²) in [5.74, 6) is 0.681. The van der Waals surface area contributed by atoms with Crippen molar-refractivity contribution in [2.75, 3.05) is 0 Å². The summed E-state index contributed by atoms with van der Waals surface area (Å²) in [7, 11) is 0. The van der Waals surface area contributed by atoms with Crippen molar-refractivity contribution in [3.63, 3.8) is 0 Å². The first-order valence-electron chi connectivity index (χ1n) is 9.84. The molecule has 0 aliphatic rings. The van der Waals surface area contributed by atoms with Gasteiger partial charge in [0, 0.05) is 15.7 Å². The third-order valence-corrected chi connectivity index (χ3v) is 7.58. The quantitative estimate of drug-likeness (QED) is 0.185. The van der Waals surface area contributed by atoms with Crippen LogP contribution in [0.4, 0.5) is 0 Å². The number of fused-ring (bicyclic) bond motifs is 1. The second-order valence-corrected chi connectivity index (χ2v) is 9.92. The van der Waals surface area contributed by atoms with E-state index in [0.717, 1.165) is 16.0 Å². The Morgan fingerprint density at radius 1 is 0.906 bits per heavy atom. The molecule has 3 aromatic carbocycles. The summed E-state index contributed by atoms with van der Waals surface area (Å²) in [5.41, 5.74) is 2.63. The van der Waals surface area contributed by atoms with Gasteiger partial charge in [0.2, 0.25) is 0 Å². The number of rotatable bonds is 5. The third kappa shape index (κ3) is 4.21. The topological polar surface area (TPSA) is 34.9 Å². The van der Waals surface area contributed by atoms with Crippen molar-refractivity contribution < 1.29 is 0 Å². The van der Waals surface area contributed by atoms with Gasteiger partial charge in [-0.3, -0.25) is 9.36 Å². The predicted molar refractivity (Wildman–Crippen MR) is 137 cm³/mol. The fourth-order valence-electron chi connectivity index (χ4n) is 3.40. The number of halogens is 2. The zero-order valence-electron chi connectivity index (χ0n) is 16.7. The van der Waals surface area contributed by atoms with Crippen molar-refractivity contribution in [2.45, 2.75) is 10.9 Å². The molecule has 0 fully saturated rings. The first-order valence-corrected chi connectivity index (χ1v) is 12.4. The predicted octanol–water partition coefficient (Wildman–Crippen LogP) is 7.71. The molecule has 5 rings (SSSR count). The van der Waals surface area contributed by atoms with Crippen LogP contribution < -0.4 is 5.56 Å². The minimum atomic E-state index is -0.145. The molecule has 0 aliphatic carbocycles. The molecule has 0 radical (unpaired) electrons. The minimum absolute atomic E-state index is 0.145. The van der Waals surface area contributed by atoms with Gasteiger partial charge in [-0.15, -0.1) is 11.3 Å². The lowest BCUT2D eigenvalue weighted by molar-refractivity contribution is 0.822. The van der Waals surface area contributed by atoms with Crippen LogP contribution in [0.15, 0.2) is 94.9 Å². The van der Waals surface area contributed by atoms with E-state index in [1.54, 1.807) is 22.8 Å². The van der Waals surface area contributed by atoms with Crippen LogP contribution in [0.25, 0.3) is 26.3 Å². The molecule has 0 amide bonds. The number of hydrogen-bond acceptors (Lipinski definition) is 4. The highest BCUT2D eigenvalue weighted by atomic mass is 35.5. The van der Waals surface area contributed by atoms with E-state index < -0.39 is 0 Å². The third-order valence-electron chi connectivity index (χ3n) is 4.95. The summed E-state index contributed by atoms with van der Waals surface area (Å²) in [6, 6.07) is 27.2. The number of benzene rings is 3. The van der Waals surface area contributed by atoms with E-state index >= 15 is 0 Å². The van der Waals surface area contributed by atoms with Gasteiger partial charge in [-0.2, -0.15) is 0 Å². The van der Waals surface area contributed by atoms with Crippen molar-refractivity contribution in [1.29, 1.82) is 0 Å². The first kappa shape index (κ1) is 21.3. The number of hydrogen-bond donors (Lipinski definition) is 0. The molecule has 0 saturated carbocycles. The van der Waals surface area contributed by atoms with E-state index in [2.05, 4.69) is 12.1 Å². The molecule has 0 bridgehead atoms. The van der Waals surface area contributed by atoms with Crippen molar-refractivity contribution in [3.05, 3.63) is 111 Å². The molecular weight excluding hydrogens is 479 g/mol. The monoisotopic (exact) mass is 494 g/mol. The van der Waals surface area contributed by atoms with Crippen molar-refractivity contribution in [1.82, 2.24) is 9.55 Å². The van der Waals surface area contributed by atoms with Gasteiger partial charge in [-0.1, -0.05) is 95.6 Å². The van der Waals surface area contributed by atoms with Gasteiger partial charge in [0.05, 0.1) is 16.1 Å². The van der Waals surface area contributed by atoms with Crippen LogP contribution in [0.2, 0.25) is 10.0 Å². The maximum Gasteiger partial charge on any atom is 0.267 e. The van der Waals surface area contributed by atoms with Gasteiger partial charge in [-0.25, -0.2) is 4.98 Å². The Balaban J connectivity index is 1.68. The van der Waals surface area contributed by atoms with Crippen LogP contribution >= 0.6 is 46.3 Å². The number of nitrogens with zero attached hydrogens (tertiary/aromatic N) is 2. The zero-order chi connectivity index (χ0) is 22.1. The highest BCUT2D eigenvalue weighted by molar-refractivity contribution is 7.98. The number of thioether (sulfide) groups is 1. The van der Waals surface area contributed by atoms with E-state index in [0.29, 0.717) is 36.9 Å². The Labute approximate surface area is 203 Å². The Morgan fingerprint density at radius 3 is 2.34 bits per heavy atom. The Kier molecular flexibility index (Phi) is 6.07. The van der Waals surface area contributed by atoms with E-state index in [1.807, 2.05) is 54.6 Å². The number of thiophene rings is 1. The van der Waals surface area contributed by atoms with Crippen LogP contribution in [0.3, 0.4) is 0 Å². The molecule has 0 aliphatic heterocycles. The molecule has 32 heavy (non-hydrogen) atoms. The van der Waals surface area contributed by atoms with Crippen LogP contribution in [-0.4, -0.2) is 9.55 Å². The summed E-state index contributed by atoms with van der Waals surface area (Å²) in [6.45, 7) is 0. The van der Waals surface area contributed by atoms with Gasteiger partial charge in [0.25, 0.3) is 5.56 Å². The smallest absolute Gasteiger partial charge is 0.267 e. The lowest BCUT2D eigenvalue weighted by Gasteiger charge is -2.13. The normalized spacial score (nSPS) is 11.2. The second kappa shape index (κ2) is 9.12. The second-order valence-electron chi connectivity index (χ2n) is 7.10. The Hall–Kier alpha value is -2.57. The molecule has 5 aromatic rings. The van der Waals surface area contributed by atoms with E-state index in [-0.39, 0.29) is 5.56 Å². The lowest BCUT2D eigenvalue weighted by Crippen LogP contribution is -2.21. The highest BCUT2D eigenvalue weighted by Gasteiger charge is 2.18. The van der Waals surface area contributed by atoms with E-state index in [1.165, 1.54) is 23.1 Å². The SMILES string of the molecule is O=c1c2cc(-c3ccccc3)sc2nc(SCc2ccccc2)n1-c1ccc(Cl)cc1Cl. The summed E-state index contributed by atoms with van der Waals surface area (Å²) in [4.78, 5) is 20.3. The summed E-state index contributed by atoms with van der Waals surface area (Å²) in [5, 5.41) is 2.09. The van der Waals surface area contributed by atoms with E-state index in [4.69, 9.17) is 28.2 Å². The van der Waals surface area contributed by atoms with Crippen LogP contribution in [0, 0.1) is 0 Å². The molecule has 2 aromatic heterocycles. The maximum absolute atomic E-state index is 13.7. The van der Waals surface area contributed by atoms with Crippen LogP contribution in [-0.2, 0) is 5.75 Å². The molecule has 0 unspecified atom stereocenters. The highest BCUT2D eigenvalue weighted by Crippen LogP contribution is 2.34. The number of aromatic nitrogens is 2. The van der Waals surface area contributed by atoms with E-state index in [9.17, 15) is 4.79 Å². The molecule has 158 valence electrons. The summed E-state index contributed by atoms with van der Waals surface area (Å²) >= 11 is 15.6. The van der Waals surface area contributed by atoms with Gasteiger partial charge >= 0.3 is 0 Å².